The van der Waals surface area contributed by atoms with Crippen LogP contribution in [0.25, 0.3) is 11.1 Å². The molecular weight excluding hydrogens is 707 g/mol. The van der Waals surface area contributed by atoms with Crippen molar-refractivity contribution in [1.82, 2.24) is 24.1 Å². The van der Waals surface area contributed by atoms with Gasteiger partial charge < -0.3 is 9.47 Å². The number of likely N-dealkylation sites (N-methyl/N-ethyl adjacent to an activating group) is 1. The Bertz CT molecular complexity index is 1900. The summed E-state index contributed by atoms with van der Waals surface area (Å²) in [5.74, 6) is -0.0545. The van der Waals surface area contributed by atoms with E-state index in [0.29, 0.717) is 31.0 Å². The van der Waals surface area contributed by atoms with Gasteiger partial charge in [0.25, 0.3) is 5.56 Å². The number of thioether (sulfide) groups is 1. The molecule has 0 aliphatic heterocycles. The molecule has 1 N–H and O–H groups in total. The second kappa shape index (κ2) is 18.0. The molecule has 9 nitrogen and oxygen atoms in total. The van der Waals surface area contributed by atoms with Gasteiger partial charge >= 0.3 is 6.18 Å². The van der Waals surface area contributed by atoms with E-state index in [9.17, 15) is 35.6 Å². The van der Waals surface area contributed by atoms with Crippen LogP contribution in [0, 0.1) is 5.82 Å². The first-order chi connectivity index (χ1) is 24.2. The fraction of sp³-hybridized carbons (Fsp3) is 0.361. The standard InChI is InChI=1S/C36H41F4N5O4S2/c1-4-43(5-2)20-21-44(22-26-6-10-28(11-7-26)29-12-14-31(15-13-29)36(38,39)40)33(24-46)45-23-30(18-19-41-51(3,48)49)34(47)42-35(45)50-25-27-8-16-32(37)17-9-27/h6-17,23-24,33,41H,4-5,18-22,25H2,1-3H3. The molecule has 51 heavy (non-hydrogen) atoms. The van der Waals surface area contributed by atoms with E-state index in [1.165, 1.54) is 36.0 Å². The maximum Gasteiger partial charge on any atom is 0.416 e. The van der Waals surface area contributed by atoms with Crippen molar-refractivity contribution in [1.29, 1.82) is 0 Å². The largest absolute Gasteiger partial charge is 0.416 e. The Morgan fingerprint density at radius 2 is 1.51 bits per heavy atom. The number of carbonyl (C=O) groups excluding carboxylic acids is 1. The molecule has 0 radical (unpaired) electrons. The highest BCUT2D eigenvalue weighted by atomic mass is 32.2. The predicted octanol–water partition coefficient (Wildman–Crippen LogP) is 5.99. The molecule has 1 heterocycles. The number of benzene rings is 3. The van der Waals surface area contributed by atoms with Crippen LogP contribution >= 0.6 is 11.8 Å². The lowest BCUT2D eigenvalue weighted by molar-refractivity contribution is -0.137. The Morgan fingerprint density at radius 1 is 0.922 bits per heavy atom. The number of alkyl halides is 3. The number of aldehydes is 1. The van der Waals surface area contributed by atoms with Crippen molar-refractivity contribution < 1.29 is 30.8 Å². The summed E-state index contributed by atoms with van der Waals surface area (Å²) in [6.07, 6.45) is -1.99. The summed E-state index contributed by atoms with van der Waals surface area (Å²) in [7, 11) is -3.51. The molecule has 0 bridgehead atoms. The molecule has 0 fully saturated rings. The summed E-state index contributed by atoms with van der Waals surface area (Å²) in [5.41, 5.74) is 1.90. The summed E-state index contributed by atoms with van der Waals surface area (Å²) in [6, 6.07) is 18.2. The van der Waals surface area contributed by atoms with Gasteiger partial charge in [0.1, 0.15) is 12.0 Å². The molecule has 0 spiro atoms. The van der Waals surface area contributed by atoms with E-state index in [4.69, 9.17) is 0 Å². The van der Waals surface area contributed by atoms with E-state index in [-0.39, 0.29) is 29.5 Å². The van der Waals surface area contributed by atoms with Gasteiger partial charge in [-0.25, -0.2) is 17.5 Å². The number of hydrogen-bond donors (Lipinski definition) is 1. The minimum absolute atomic E-state index is 0.0399. The normalized spacial score (nSPS) is 12.8. The molecule has 0 saturated heterocycles. The SMILES string of the molecule is CCN(CC)CCN(Cc1ccc(-c2ccc(C(F)(F)F)cc2)cc1)C(C=O)n1cc(CCNS(C)(=O)=O)c(=O)nc1SCc1ccc(F)cc1. The van der Waals surface area contributed by atoms with Gasteiger partial charge in [0.05, 0.1) is 11.8 Å². The van der Waals surface area contributed by atoms with Gasteiger partial charge in [0, 0.05) is 43.7 Å². The molecule has 0 aliphatic carbocycles. The Labute approximate surface area is 299 Å². The zero-order chi connectivity index (χ0) is 37.2. The van der Waals surface area contributed by atoms with Crippen molar-refractivity contribution in [2.24, 2.45) is 0 Å². The third kappa shape index (κ3) is 11.8. The van der Waals surface area contributed by atoms with Crippen LogP contribution in [-0.4, -0.2) is 73.0 Å². The molecular formula is C36H41F4N5O4S2. The minimum Gasteiger partial charge on any atom is -0.304 e. The van der Waals surface area contributed by atoms with E-state index < -0.39 is 33.5 Å². The number of aromatic nitrogens is 2. The summed E-state index contributed by atoms with van der Waals surface area (Å²) in [4.78, 5) is 34.7. The van der Waals surface area contributed by atoms with Gasteiger partial charge in [0.2, 0.25) is 10.0 Å². The first kappa shape index (κ1) is 39.9. The van der Waals surface area contributed by atoms with Crippen LogP contribution in [0.5, 0.6) is 0 Å². The number of sulfonamides is 1. The maximum atomic E-state index is 13.6. The predicted molar refractivity (Wildman–Crippen MR) is 191 cm³/mol. The lowest BCUT2D eigenvalue weighted by atomic mass is 10.0. The number of rotatable bonds is 18. The van der Waals surface area contributed by atoms with Crippen LogP contribution in [0.1, 0.15) is 42.3 Å². The third-order valence-electron chi connectivity index (χ3n) is 8.29. The van der Waals surface area contributed by atoms with E-state index in [0.717, 1.165) is 54.5 Å². The third-order valence-corrected chi connectivity index (χ3v) is 10.1. The van der Waals surface area contributed by atoms with Crippen molar-refractivity contribution in [2.75, 3.05) is 39.0 Å². The number of halogens is 4. The highest BCUT2D eigenvalue weighted by Gasteiger charge is 2.30. The molecule has 0 amide bonds. The van der Waals surface area contributed by atoms with Crippen molar-refractivity contribution in [3.05, 3.63) is 117 Å². The van der Waals surface area contributed by atoms with Crippen LogP contribution in [-0.2, 0) is 39.7 Å². The maximum absolute atomic E-state index is 13.6. The van der Waals surface area contributed by atoms with Crippen molar-refractivity contribution >= 4 is 28.1 Å². The minimum atomic E-state index is -4.43. The Hall–Kier alpha value is -3.89. The van der Waals surface area contributed by atoms with E-state index in [2.05, 4.69) is 14.6 Å². The molecule has 1 atom stereocenters. The van der Waals surface area contributed by atoms with E-state index >= 15 is 0 Å². The Balaban J connectivity index is 1.69. The molecule has 0 aliphatic rings. The number of hydrogen-bond acceptors (Lipinski definition) is 8. The molecule has 3 aromatic carbocycles. The van der Waals surface area contributed by atoms with Gasteiger partial charge in [-0.3, -0.25) is 14.5 Å². The first-order valence-corrected chi connectivity index (χ1v) is 19.2. The first-order valence-electron chi connectivity index (χ1n) is 16.3. The lowest BCUT2D eigenvalue weighted by Crippen LogP contribution is -2.41. The quantitative estimate of drug-likeness (QED) is 0.0573. The van der Waals surface area contributed by atoms with E-state index in [1.54, 1.807) is 22.9 Å². The average molecular weight is 748 g/mol. The molecule has 15 heteroatoms. The number of nitrogens with zero attached hydrogens (tertiary/aromatic N) is 4. The average Bonchev–Trinajstić information content (AvgIpc) is 3.09. The van der Waals surface area contributed by atoms with Gasteiger partial charge in [-0.1, -0.05) is 74.1 Å². The Kier molecular flexibility index (Phi) is 14.1. The monoisotopic (exact) mass is 747 g/mol. The summed E-state index contributed by atoms with van der Waals surface area (Å²) in [5, 5.41) is 0.256. The van der Waals surface area contributed by atoms with Crippen molar-refractivity contribution in [3.63, 3.8) is 0 Å². The fourth-order valence-electron chi connectivity index (χ4n) is 5.39. The van der Waals surface area contributed by atoms with Gasteiger partial charge in [0.15, 0.2) is 11.4 Å². The topological polar surface area (TPSA) is 105 Å². The van der Waals surface area contributed by atoms with Crippen molar-refractivity contribution in [2.45, 2.75) is 50.1 Å². The Morgan fingerprint density at radius 3 is 2.06 bits per heavy atom. The molecule has 0 saturated carbocycles. The number of carbonyl (C=O) groups is 1. The van der Waals surface area contributed by atoms with Gasteiger partial charge in [-0.05, 0) is 66.0 Å². The number of nitrogens with one attached hydrogen (secondary N) is 1. The lowest BCUT2D eigenvalue weighted by Gasteiger charge is -2.33. The molecule has 274 valence electrons. The van der Waals surface area contributed by atoms with Crippen molar-refractivity contribution in [3.8, 4) is 11.1 Å². The second-order valence-electron chi connectivity index (χ2n) is 11.9. The smallest absolute Gasteiger partial charge is 0.304 e. The highest BCUT2D eigenvalue weighted by Crippen LogP contribution is 2.31. The summed E-state index contributed by atoms with van der Waals surface area (Å²) >= 11 is 1.21. The summed E-state index contributed by atoms with van der Waals surface area (Å²) < 4.78 is 80.1. The van der Waals surface area contributed by atoms with Crippen LogP contribution in [0.3, 0.4) is 0 Å². The molecule has 1 unspecified atom stereocenters. The molecule has 4 rings (SSSR count). The summed E-state index contributed by atoms with van der Waals surface area (Å²) in [6.45, 7) is 6.98. The van der Waals surface area contributed by atoms with Crippen LogP contribution in [0.2, 0.25) is 0 Å². The van der Waals surface area contributed by atoms with E-state index in [1.807, 2.05) is 43.0 Å². The van der Waals surface area contributed by atoms with Gasteiger partial charge in [-0.15, -0.1) is 0 Å². The van der Waals surface area contributed by atoms with Crippen LogP contribution < -0.4 is 10.3 Å². The van der Waals surface area contributed by atoms with Crippen LogP contribution in [0.15, 0.2) is 88.9 Å². The highest BCUT2D eigenvalue weighted by molar-refractivity contribution is 7.98. The zero-order valence-electron chi connectivity index (χ0n) is 28.6. The van der Waals surface area contributed by atoms with Gasteiger partial charge in [-0.2, -0.15) is 18.2 Å². The fourth-order valence-corrected chi connectivity index (χ4v) is 6.81. The zero-order valence-corrected chi connectivity index (χ0v) is 30.2. The molecule has 1 aromatic heterocycles. The second-order valence-corrected chi connectivity index (χ2v) is 14.7. The van der Waals surface area contributed by atoms with Crippen LogP contribution in [0.4, 0.5) is 17.6 Å². The molecule has 4 aromatic rings.